The number of nitrogens with zero attached hydrogens (tertiary/aromatic N) is 3. The zero-order valence-corrected chi connectivity index (χ0v) is 19.2. The van der Waals surface area contributed by atoms with E-state index < -0.39 is 0 Å². The van der Waals surface area contributed by atoms with Crippen molar-refractivity contribution in [1.82, 2.24) is 14.5 Å². The minimum atomic E-state index is 0.874. The molecule has 2 rings (SSSR count). The molecule has 1 aromatic heterocycles. The van der Waals surface area contributed by atoms with Gasteiger partial charge in [0.25, 0.3) is 0 Å². The maximum Gasteiger partial charge on any atom is 0.121 e. The number of unbranched alkanes of at least 4 members (excludes halogenated alkanes) is 10. The number of methoxy groups -OCH3 is 1. The first kappa shape index (κ1) is 23.7. The lowest BCUT2D eigenvalue weighted by molar-refractivity contribution is 0.211. The van der Waals surface area contributed by atoms with Crippen LogP contribution in [0.25, 0.3) is 11.0 Å². The second-order valence-corrected chi connectivity index (χ2v) is 8.36. The molecule has 0 saturated carbocycles. The van der Waals surface area contributed by atoms with Gasteiger partial charge < -0.3 is 9.30 Å². The molecule has 0 aliphatic heterocycles. The van der Waals surface area contributed by atoms with Crippen molar-refractivity contribution in [1.29, 1.82) is 0 Å². The van der Waals surface area contributed by atoms with Gasteiger partial charge in [-0.05, 0) is 38.1 Å². The fourth-order valence-corrected chi connectivity index (χ4v) is 3.98. The normalized spacial score (nSPS) is 11.6. The molecule has 4 nitrogen and oxygen atoms in total. The Morgan fingerprint density at radius 3 is 2.00 bits per heavy atom. The molecular weight excluding hydrogens is 358 g/mol. The third-order valence-electron chi connectivity index (χ3n) is 5.84. The molecule has 4 heteroatoms. The van der Waals surface area contributed by atoms with E-state index in [0.29, 0.717) is 0 Å². The standard InChI is InChI=1S/C25H43N3O/c1-4-6-8-10-12-14-18-27(19-15-13-11-9-7-5-2)22-28-21-26-24-20-23(29-3)16-17-25(24)28/h16-17,20-21H,4-15,18-19,22H2,1-3H3. The van der Waals surface area contributed by atoms with Crippen molar-refractivity contribution < 1.29 is 4.74 Å². The van der Waals surface area contributed by atoms with Gasteiger partial charge in [-0.2, -0.15) is 0 Å². The maximum absolute atomic E-state index is 5.34. The largest absolute Gasteiger partial charge is 0.497 e. The first-order valence-corrected chi connectivity index (χ1v) is 12.0. The highest BCUT2D eigenvalue weighted by atomic mass is 16.5. The van der Waals surface area contributed by atoms with Gasteiger partial charge in [0.1, 0.15) is 5.75 Å². The lowest BCUT2D eigenvalue weighted by atomic mass is 10.1. The zero-order valence-electron chi connectivity index (χ0n) is 19.2. The second-order valence-electron chi connectivity index (χ2n) is 8.36. The smallest absolute Gasteiger partial charge is 0.121 e. The first-order chi connectivity index (χ1) is 14.3. The number of benzene rings is 1. The summed E-state index contributed by atoms with van der Waals surface area (Å²) >= 11 is 0. The molecule has 29 heavy (non-hydrogen) atoms. The Morgan fingerprint density at radius 2 is 1.41 bits per heavy atom. The molecule has 0 saturated heterocycles. The SMILES string of the molecule is CCCCCCCCN(CCCCCCCC)Cn1cnc2cc(OC)ccc21. The average Bonchev–Trinajstić information content (AvgIpc) is 3.14. The van der Waals surface area contributed by atoms with Crippen LogP contribution < -0.4 is 4.74 Å². The fourth-order valence-electron chi connectivity index (χ4n) is 3.98. The highest BCUT2D eigenvalue weighted by Gasteiger charge is 2.09. The van der Waals surface area contributed by atoms with Crippen molar-refractivity contribution in [2.24, 2.45) is 0 Å². The summed E-state index contributed by atoms with van der Waals surface area (Å²) in [6.07, 6.45) is 18.3. The van der Waals surface area contributed by atoms with Crippen LogP contribution in [0.4, 0.5) is 0 Å². The quantitative estimate of drug-likeness (QED) is 0.267. The molecule has 0 N–H and O–H groups in total. The zero-order chi connectivity index (χ0) is 20.7. The van der Waals surface area contributed by atoms with Crippen LogP contribution in [0.5, 0.6) is 5.75 Å². The van der Waals surface area contributed by atoms with Crippen LogP contribution in [0, 0.1) is 0 Å². The molecule has 2 aromatic rings. The van der Waals surface area contributed by atoms with Crippen molar-refractivity contribution in [2.75, 3.05) is 20.2 Å². The van der Waals surface area contributed by atoms with Crippen LogP contribution >= 0.6 is 0 Å². The third-order valence-corrected chi connectivity index (χ3v) is 5.84. The van der Waals surface area contributed by atoms with Gasteiger partial charge in [-0.1, -0.05) is 78.1 Å². The maximum atomic E-state index is 5.34. The van der Waals surface area contributed by atoms with E-state index in [-0.39, 0.29) is 0 Å². The van der Waals surface area contributed by atoms with Gasteiger partial charge in [-0.15, -0.1) is 0 Å². The molecule has 0 bridgehead atoms. The Hall–Kier alpha value is -1.55. The van der Waals surface area contributed by atoms with Gasteiger partial charge >= 0.3 is 0 Å². The highest BCUT2D eigenvalue weighted by Crippen LogP contribution is 2.20. The molecule has 0 unspecified atom stereocenters. The molecule has 0 aliphatic rings. The van der Waals surface area contributed by atoms with Gasteiger partial charge in [-0.25, -0.2) is 4.98 Å². The van der Waals surface area contributed by atoms with Crippen LogP contribution in [0.3, 0.4) is 0 Å². The second kappa shape index (κ2) is 14.4. The van der Waals surface area contributed by atoms with Gasteiger partial charge in [0.15, 0.2) is 0 Å². The van der Waals surface area contributed by atoms with Crippen LogP contribution in [-0.4, -0.2) is 34.7 Å². The number of imidazole rings is 1. The Kier molecular flexibility index (Phi) is 11.8. The van der Waals surface area contributed by atoms with Crippen molar-refractivity contribution in [2.45, 2.75) is 97.6 Å². The number of hydrogen-bond donors (Lipinski definition) is 0. The number of hydrogen-bond acceptors (Lipinski definition) is 3. The molecule has 0 atom stereocenters. The molecule has 0 radical (unpaired) electrons. The molecule has 0 spiro atoms. The minimum absolute atomic E-state index is 0.874. The Bertz CT molecular complexity index is 651. The number of rotatable bonds is 17. The molecule has 1 heterocycles. The monoisotopic (exact) mass is 401 g/mol. The van der Waals surface area contributed by atoms with E-state index in [1.165, 1.54) is 95.7 Å². The Morgan fingerprint density at radius 1 is 0.828 bits per heavy atom. The van der Waals surface area contributed by atoms with Crippen LogP contribution in [0.1, 0.15) is 90.9 Å². The Balaban J connectivity index is 1.87. The number of fused-ring (bicyclic) bond motifs is 1. The van der Waals surface area contributed by atoms with Crippen molar-refractivity contribution in [3.05, 3.63) is 24.5 Å². The number of ether oxygens (including phenoxy) is 1. The molecular formula is C25H43N3O. The van der Waals surface area contributed by atoms with Gasteiger partial charge in [0.2, 0.25) is 0 Å². The van der Waals surface area contributed by atoms with E-state index in [0.717, 1.165) is 17.9 Å². The van der Waals surface area contributed by atoms with Crippen molar-refractivity contribution in [3.8, 4) is 5.75 Å². The summed E-state index contributed by atoms with van der Waals surface area (Å²) in [6, 6.07) is 6.19. The average molecular weight is 402 g/mol. The lowest BCUT2D eigenvalue weighted by Gasteiger charge is -2.23. The van der Waals surface area contributed by atoms with E-state index in [1.54, 1.807) is 7.11 Å². The first-order valence-electron chi connectivity index (χ1n) is 12.0. The summed E-state index contributed by atoms with van der Waals surface area (Å²) in [5.41, 5.74) is 2.21. The van der Waals surface area contributed by atoms with E-state index in [4.69, 9.17) is 4.74 Å². The summed E-state index contributed by atoms with van der Waals surface area (Å²) < 4.78 is 7.63. The van der Waals surface area contributed by atoms with E-state index in [1.807, 2.05) is 18.5 Å². The summed E-state index contributed by atoms with van der Waals surface area (Å²) in [5.74, 6) is 0.874. The van der Waals surface area contributed by atoms with Gasteiger partial charge in [0.05, 0.1) is 31.1 Å². The predicted molar refractivity (Wildman–Crippen MR) is 125 cm³/mol. The van der Waals surface area contributed by atoms with Crippen molar-refractivity contribution in [3.63, 3.8) is 0 Å². The van der Waals surface area contributed by atoms with E-state index in [2.05, 4.69) is 34.4 Å². The molecule has 0 aliphatic carbocycles. The summed E-state index contributed by atoms with van der Waals surface area (Å²) in [7, 11) is 1.71. The molecule has 0 fully saturated rings. The fraction of sp³-hybridized carbons (Fsp3) is 0.720. The lowest BCUT2D eigenvalue weighted by Crippen LogP contribution is -2.28. The van der Waals surface area contributed by atoms with E-state index >= 15 is 0 Å². The van der Waals surface area contributed by atoms with Crippen LogP contribution in [0.15, 0.2) is 24.5 Å². The van der Waals surface area contributed by atoms with E-state index in [9.17, 15) is 0 Å². The Labute approximate surface area is 178 Å². The van der Waals surface area contributed by atoms with Gasteiger partial charge in [0, 0.05) is 6.07 Å². The summed E-state index contributed by atoms with van der Waals surface area (Å²) in [5, 5.41) is 0. The third kappa shape index (κ3) is 8.77. The van der Waals surface area contributed by atoms with Crippen LogP contribution in [-0.2, 0) is 6.67 Å². The highest BCUT2D eigenvalue weighted by molar-refractivity contribution is 5.76. The topological polar surface area (TPSA) is 30.3 Å². The van der Waals surface area contributed by atoms with Gasteiger partial charge in [-0.3, -0.25) is 4.90 Å². The van der Waals surface area contributed by atoms with Crippen LogP contribution in [0.2, 0.25) is 0 Å². The molecule has 0 amide bonds. The minimum Gasteiger partial charge on any atom is -0.497 e. The summed E-state index contributed by atoms with van der Waals surface area (Å²) in [6.45, 7) is 7.89. The molecule has 164 valence electrons. The van der Waals surface area contributed by atoms with Crippen molar-refractivity contribution >= 4 is 11.0 Å². The summed E-state index contributed by atoms with van der Waals surface area (Å²) in [4.78, 5) is 7.23. The molecule has 1 aromatic carbocycles. The number of aromatic nitrogens is 2. The predicted octanol–water partition coefficient (Wildman–Crippen LogP) is 7.03.